The van der Waals surface area contributed by atoms with Gasteiger partial charge in [0.25, 0.3) is 0 Å². The summed E-state index contributed by atoms with van der Waals surface area (Å²) in [6.45, 7) is 9.68. The third-order valence-corrected chi connectivity index (χ3v) is 6.79. The maximum atomic E-state index is 6.32. The Hall–Kier alpha value is -0.0800. The first kappa shape index (κ1) is 17.3. The van der Waals surface area contributed by atoms with Crippen molar-refractivity contribution in [3.63, 3.8) is 0 Å². The Labute approximate surface area is 132 Å². The normalized spacial score (nSPS) is 48.3. The van der Waals surface area contributed by atoms with E-state index < -0.39 is 0 Å². The Morgan fingerprint density at radius 1 is 0.810 bits per heavy atom. The van der Waals surface area contributed by atoms with Gasteiger partial charge in [-0.05, 0) is 67.6 Å². The van der Waals surface area contributed by atoms with Gasteiger partial charge in [-0.15, -0.1) is 0 Å². The van der Waals surface area contributed by atoms with Gasteiger partial charge >= 0.3 is 0 Å². The maximum absolute atomic E-state index is 6.32. The standard InChI is InChI=1S/C19H38N2/c1-5-14-11-18(3,9-7-16(14)20)13-19(4)10-8-17(21)15(6-2)12-19/h14-17H,5-13,20-21H2,1-4H3. The number of nitrogens with two attached hydrogens (primary N) is 2. The van der Waals surface area contributed by atoms with Gasteiger partial charge in [-0.1, -0.05) is 40.5 Å². The predicted molar refractivity (Wildman–Crippen MR) is 92.0 cm³/mol. The topological polar surface area (TPSA) is 52.0 Å². The van der Waals surface area contributed by atoms with Crippen molar-refractivity contribution in [3.05, 3.63) is 0 Å². The first-order valence-electron chi connectivity index (χ1n) is 9.32. The molecule has 0 aromatic carbocycles. The fourth-order valence-corrected chi connectivity index (χ4v) is 5.52. The monoisotopic (exact) mass is 294 g/mol. The molecular formula is C19H38N2. The summed E-state index contributed by atoms with van der Waals surface area (Å²) in [5.41, 5.74) is 13.7. The molecule has 0 heterocycles. The molecule has 0 spiro atoms. The second-order valence-electron chi connectivity index (χ2n) is 8.95. The molecule has 0 aromatic heterocycles. The largest absolute Gasteiger partial charge is 0.327 e. The molecule has 124 valence electrons. The Bertz CT molecular complexity index is 310. The van der Waals surface area contributed by atoms with Crippen LogP contribution in [0.15, 0.2) is 0 Å². The van der Waals surface area contributed by atoms with Crippen LogP contribution in [0.5, 0.6) is 0 Å². The SMILES string of the molecule is CCC1CC(C)(CC2(C)CCC(N)C(CC)C2)CCC1N. The molecule has 2 aliphatic rings. The van der Waals surface area contributed by atoms with Gasteiger partial charge in [0.2, 0.25) is 0 Å². The van der Waals surface area contributed by atoms with Crippen molar-refractivity contribution in [3.8, 4) is 0 Å². The highest BCUT2D eigenvalue weighted by Gasteiger charge is 2.43. The lowest BCUT2D eigenvalue weighted by atomic mass is 9.57. The van der Waals surface area contributed by atoms with Crippen LogP contribution in [-0.4, -0.2) is 12.1 Å². The van der Waals surface area contributed by atoms with E-state index >= 15 is 0 Å². The quantitative estimate of drug-likeness (QED) is 0.804. The van der Waals surface area contributed by atoms with Crippen LogP contribution in [0.25, 0.3) is 0 Å². The van der Waals surface area contributed by atoms with Crippen LogP contribution in [0.4, 0.5) is 0 Å². The van der Waals surface area contributed by atoms with E-state index in [0.29, 0.717) is 22.9 Å². The van der Waals surface area contributed by atoms with Crippen LogP contribution in [0.2, 0.25) is 0 Å². The molecule has 2 aliphatic carbocycles. The molecule has 0 saturated heterocycles. The van der Waals surface area contributed by atoms with Crippen molar-refractivity contribution in [1.82, 2.24) is 0 Å². The molecule has 2 saturated carbocycles. The summed E-state index contributed by atoms with van der Waals surface area (Å²) in [6, 6.07) is 0.887. The Morgan fingerprint density at radius 2 is 1.19 bits per heavy atom. The Morgan fingerprint density at radius 3 is 1.52 bits per heavy atom. The molecule has 2 nitrogen and oxygen atoms in total. The zero-order chi connectivity index (χ0) is 15.7. The van der Waals surface area contributed by atoms with Crippen molar-refractivity contribution in [2.75, 3.05) is 0 Å². The van der Waals surface area contributed by atoms with Gasteiger partial charge in [0.15, 0.2) is 0 Å². The first-order chi connectivity index (χ1) is 9.81. The smallest absolute Gasteiger partial charge is 0.00674 e. The van der Waals surface area contributed by atoms with Gasteiger partial charge in [-0.2, -0.15) is 0 Å². The van der Waals surface area contributed by atoms with Crippen molar-refractivity contribution in [1.29, 1.82) is 0 Å². The van der Waals surface area contributed by atoms with Gasteiger partial charge in [-0.3, -0.25) is 0 Å². The molecular weight excluding hydrogens is 256 g/mol. The van der Waals surface area contributed by atoms with E-state index in [9.17, 15) is 0 Å². The molecule has 2 heteroatoms. The van der Waals surface area contributed by atoms with Gasteiger partial charge < -0.3 is 11.5 Å². The van der Waals surface area contributed by atoms with Crippen LogP contribution in [-0.2, 0) is 0 Å². The summed E-state index contributed by atoms with van der Waals surface area (Å²) in [5.74, 6) is 1.47. The molecule has 0 bridgehead atoms. The van der Waals surface area contributed by atoms with Gasteiger partial charge in [0.1, 0.15) is 0 Å². The van der Waals surface area contributed by atoms with E-state index in [2.05, 4.69) is 27.7 Å². The minimum Gasteiger partial charge on any atom is -0.327 e. The number of hydrogen-bond acceptors (Lipinski definition) is 2. The molecule has 0 amide bonds. The van der Waals surface area contributed by atoms with E-state index in [1.54, 1.807) is 0 Å². The highest BCUT2D eigenvalue weighted by atomic mass is 14.7. The summed E-state index contributed by atoms with van der Waals surface area (Å²) in [4.78, 5) is 0. The summed E-state index contributed by atoms with van der Waals surface area (Å²) in [6.07, 6.45) is 11.6. The van der Waals surface area contributed by atoms with Crippen LogP contribution < -0.4 is 11.5 Å². The van der Waals surface area contributed by atoms with Gasteiger partial charge in [0, 0.05) is 12.1 Å². The second kappa shape index (κ2) is 6.58. The number of rotatable bonds is 4. The van der Waals surface area contributed by atoms with Crippen LogP contribution >= 0.6 is 0 Å². The first-order valence-corrected chi connectivity index (χ1v) is 9.32. The molecule has 2 fully saturated rings. The summed E-state index contributed by atoms with van der Waals surface area (Å²) < 4.78 is 0. The Kier molecular flexibility index (Phi) is 5.41. The molecule has 2 rings (SSSR count). The molecule has 0 radical (unpaired) electrons. The van der Waals surface area contributed by atoms with Gasteiger partial charge in [-0.25, -0.2) is 0 Å². The zero-order valence-electron chi connectivity index (χ0n) is 14.8. The highest BCUT2D eigenvalue weighted by molar-refractivity contribution is 4.96. The molecule has 0 aliphatic heterocycles. The summed E-state index contributed by atoms with van der Waals surface area (Å²) in [5, 5.41) is 0. The predicted octanol–water partition coefficient (Wildman–Crippen LogP) is 4.46. The minimum absolute atomic E-state index is 0.444. The molecule has 21 heavy (non-hydrogen) atoms. The third kappa shape index (κ3) is 4.01. The minimum atomic E-state index is 0.444. The maximum Gasteiger partial charge on any atom is 0.00674 e. The molecule has 6 unspecified atom stereocenters. The van der Waals surface area contributed by atoms with Crippen LogP contribution in [0.3, 0.4) is 0 Å². The van der Waals surface area contributed by atoms with E-state index in [1.807, 2.05) is 0 Å². The van der Waals surface area contributed by atoms with Crippen LogP contribution in [0, 0.1) is 22.7 Å². The average molecular weight is 295 g/mol. The van der Waals surface area contributed by atoms with Crippen molar-refractivity contribution in [2.24, 2.45) is 34.1 Å². The van der Waals surface area contributed by atoms with E-state index in [0.717, 1.165) is 11.8 Å². The van der Waals surface area contributed by atoms with Crippen molar-refractivity contribution >= 4 is 0 Å². The summed E-state index contributed by atoms with van der Waals surface area (Å²) in [7, 11) is 0. The third-order valence-electron chi connectivity index (χ3n) is 6.79. The average Bonchev–Trinajstić information content (AvgIpc) is 2.44. The van der Waals surface area contributed by atoms with Gasteiger partial charge in [0.05, 0.1) is 0 Å². The lowest BCUT2D eigenvalue weighted by Crippen LogP contribution is -2.45. The lowest BCUT2D eigenvalue weighted by Gasteiger charge is -2.49. The van der Waals surface area contributed by atoms with Crippen LogP contribution in [0.1, 0.15) is 85.5 Å². The number of hydrogen-bond donors (Lipinski definition) is 2. The lowest BCUT2D eigenvalue weighted by molar-refractivity contribution is 0.0321. The second-order valence-corrected chi connectivity index (χ2v) is 8.95. The van der Waals surface area contributed by atoms with Crippen molar-refractivity contribution in [2.45, 2.75) is 97.6 Å². The fourth-order valence-electron chi connectivity index (χ4n) is 5.52. The zero-order valence-corrected chi connectivity index (χ0v) is 14.8. The fraction of sp³-hybridized carbons (Fsp3) is 1.00. The van der Waals surface area contributed by atoms with Crippen molar-refractivity contribution < 1.29 is 0 Å². The Balaban J connectivity index is 2.02. The highest BCUT2D eigenvalue weighted by Crippen LogP contribution is 2.52. The van der Waals surface area contributed by atoms with E-state index in [1.165, 1.54) is 57.8 Å². The molecule has 6 atom stereocenters. The van der Waals surface area contributed by atoms with E-state index in [-0.39, 0.29) is 0 Å². The molecule has 4 N–H and O–H groups in total. The van der Waals surface area contributed by atoms with E-state index in [4.69, 9.17) is 11.5 Å². The molecule has 0 aromatic rings. The summed E-state index contributed by atoms with van der Waals surface area (Å²) >= 11 is 0.